The van der Waals surface area contributed by atoms with E-state index in [-0.39, 0.29) is 5.91 Å². The maximum Gasteiger partial charge on any atom is 0.234 e. The fourth-order valence-electron chi connectivity index (χ4n) is 2.47. The summed E-state index contributed by atoms with van der Waals surface area (Å²) in [6.07, 6.45) is 2.48. The molecule has 1 amide bonds. The van der Waals surface area contributed by atoms with E-state index in [0.29, 0.717) is 13.1 Å². The third-order valence-corrected chi connectivity index (χ3v) is 4.64. The monoisotopic (exact) mass is 335 g/mol. The Morgan fingerprint density at radius 2 is 2.22 bits per heavy atom. The smallest absolute Gasteiger partial charge is 0.234 e. The highest BCUT2D eigenvalue weighted by molar-refractivity contribution is 7.09. The predicted molar refractivity (Wildman–Crippen MR) is 88.5 cm³/mol. The fourth-order valence-corrected chi connectivity index (χ4v) is 3.27. The van der Waals surface area contributed by atoms with Gasteiger partial charge in [-0.05, 0) is 12.1 Å². The highest BCUT2D eigenvalue weighted by Crippen LogP contribution is 2.19. The third-order valence-electron chi connectivity index (χ3n) is 3.82. The van der Waals surface area contributed by atoms with Gasteiger partial charge < -0.3 is 14.6 Å². The van der Waals surface area contributed by atoms with Crippen molar-refractivity contribution in [1.82, 2.24) is 19.6 Å². The number of nitrogens with one attached hydrogen (secondary N) is 1. The predicted octanol–water partition coefficient (Wildman–Crippen LogP) is 1.13. The summed E-state index contributed by atoms with van der Waals surface area (Å²) in [4.78, 5) is 20.9. The first-order valence-electron chi connectivity index (χ1n) is 7.83. The van der Waals surface area contributed by atoms with Gasteiger partial charge in [-0.25, -0.2) is 4.98 Å². The van der Waals surface area contributed by atoms with Crippen molar-refractivity contribution in [2.24, 2.45) is 0 Å². The summed E-state index contributed by atoms with van der Waals surface area (Å²) in [5.41, 5.74) is 0. The molecule has 0 atom stereocenters. The second-order valence-corrected chi connectivity index (χ2v) is 6.20. The lowest BCUT2D eigenvalue weighted by atomic mass is 10.3. The third kappa shape index (κ3) is 4.29. The molecule has 23 heavy (non-hydrogen) atoms. The van der Waals surface area contributed by atoms with E-state index in [1.807, 2.05) is 12.1 Å². The van der Waals surface area contributed by atoms with Crippen molar-refractivity contribution in [2.45, 2.75) is 19.9 Å². The van der Waals surface area contributed by atoms with Crippen LogP contribution in [0.5, 0.6) is 0 Å². The minimum atomic E-state index is 0.0269. The van der Waals surface area contributed by atoms with Gasteiger partial charge in [0.05, 0.1) is 19.4 Å². The number of nitrogens with zero attached hydrogens (tertiary/aromatic N) is 4. The molecule has 0 aliphatic carbocycles. The fraction of sp³-hybridized carbons (Fsp3) is 0.533. The molecule has 1 N–H and O–H groups in total. The van der Waals surface area contributed by atoms with Gasteiger partial charge in [-0.1, -0.05) is 6.92 Å². The molecule has 7 nitrogen and oxygen atoms in total. The maximum atomic E-state index is 12.0. The number of hydrogen-bond donors (Lipinski definition) is 1. The molecule has 3 rings (SSSR count). The highest BCUT2D eigenvalue weighted by Gasteiger charge is 2.21. The van der Waals surface area contributed by atoms with E-state index in [1.54, 1.807) is 6.26 Å². The van der Waals surface area contributed by atoms with Crippen molar-refractivity contribution in [3.05, 3.63) is 30.0 Å². The summed E-state index contributed by atoms with van der Waals surface area (Å²) in [7, 11) is 0. The van der Waals surface area contributed by atoms with Crippen LogP contribution < -0.4 is 10.2 Å². The molecule has 8 heteroatoms. The number of aryl methyl sites for hydroxylation is 1. The van der Waals surface area contributed by atoms with Gasteiger partial charge in [0.1, 0.15) is 11.6 Å². The van der Waals surface area contributed by atoms with Crippen LogP contribution in [0.15, 0.2) is 22.8 Å². The van der Waals surface area contributed by atoms with Crippen LogP contribution in [-0.2, 0) is 17.8 Å². The number of rotatable bonds is 6. The van der Waals surface area contributed by atoms with Gasteiger partial charge in [0.25, 0.3) is 0 Å². The molecule has 1 fully saturated rings. The van der Waals surface area contributed by atoms with E-state index in [1.165, 1.54) is 11.5 Å². The summed E-state index contributed by atoms with van der Waals surface area (Å²) >= 11 is 1.46. The van der Waals surface area contributed by atoms with Crippen molar-refractivity contribution in [1.29, 1.82) is 0 Å². The molecule has 3 heterocycles. The summed E-state index contributed by atoms with van der Waals surface area (Å²) in [5.74, 6) is 1.70. The van der Waals surface area contributed by atoms with Crippen LogP contribution in [0.3, 0.4) is 0 Å². The van der Waals surface area contributed by atoms with Crippen molar-refractivity contribution >= 4 is 22.6 Å². The van der Waals surface area contributed by atoms with Crippen LogP contribution in [0.2, 0.25) is 0 Å². The van der Waals surface area contributed by atoms with Gasteiger partial charge in [-0.15, -0.1) is 0 Å². The number of aromatic nitrogens is 2. The Bertz CT molecular complexity index is 620. The average Bonchev–Trinajstić information content (AvgIpc) is 3.25. The normalized spacial score (nSPS) is 15.8. The summed E-state index contributed by atoms with van der Waals surface area (Å²) in [6, 6.07) is 3.67. The van der Waals surface area contributed by atoms with E-state index in [4.69, 9.17) is 4.42 Å². The first-order chi connectivity index (χ1) is 11.2. The molecule has 0 bridgehead atoms. The number of carbonyl (C=O) groups excluding carboxylic acids is 1. The Hall–Kier alpha value is -1.93. The molecule has 0 aromatic carbocycles. The maximum absolute atomic E-state index is 12.0. The average molecular weight is 335 g/mol. The molecule has 0 saturated carbocycles. The first-order valence-corrected chi connectivity index (χ1v) is 8.61. The quantitative estimate of drug-likeness (QED) is 0.853. The number of amides is 1. The molecule has 0 radical (unpaired) electrons. The zero-order valence-electron chi connectivity index (χ0n) is 13.2. The van der Waals surface area contributed by atoms with Gasteiger partial charge in [-0.3, -0.25) is 9.69 Å². The van der Waals surface area contributed by atoms with Gasteiger partial charge in [0.2, 0.25) is 11.0 Å². The van der Waals surface area contributed by atoms with Crippen molar-refractivity contribution in [2.75, 3.05) is 37.6 Å². The Balaban J connectivity index is 1.41. The minimum Gasteiger partial charge on any atom is -0.467 e. The van der Waals surface area contributed by atoms with Crippen molar-refractivity contribution in [3.8, 4) is 0 Å². The van der Waals surface area contributed by atoms with Crippen LogP contribution in [0.25, 0.3) is 0 Å². The van der Waals surface area contributed by atoms with Crippen LogP contribution in [0.4, 0.5) is 5.13 Å². The lowest BCUT2D eigenvalue weighted by molar-refractivity contribution is -0.122. The first kappa shape index (κ1) is 15.9. The second kappa shape index (κ2) is 7.56. The highest BCUT2D eigenvalue weighted by atomic mass is 32.1. The standard InChI is InChI=1S/C15H21N5O2S/c1-2-13-17-15(23-18-13)20-7-5-19(6-8-20)11-14(21)16-10-12-4-3-9-22-12/h3-4,9H,2,5-8,10-11H2,1H3,(H,16,21). The van der Waals surface area contributed by atoms with Crippen LogP contribution in [0, 0.1) is 0 Å². The lowest BCUT2D eigenvalue weighted by Crippen LogP contribution is -2.49. The van der Waals surface area contributed by atoms with Crippen LogP contribution >= 0.6 is 11.5 Å². The number of furan rings is 1. The molecule has 1 aliphatic heterocycles. The lowest BCUT2D eigenvalue weighted by Gasteiger charge is -2.33. The van der Waals surface area contributed by atoms with Gasteiger partial charge in [0, 0.05) is 44.1 Å². The SMILES string of the molecule is CCc1nsc(N2CCN(CC(=O)NCc3ccco3)CC2)n1. The molecule has 0 unspecified atom stereocenters. The zero-order valence-corrected chi connectivity index (χ0v) is 14.0. The number of anilines is 1. The second-order valence-electron chi connectivity index (χ2n) is 5.47. The number of piperazine rings is 1. The molecule has 124 valence electrons. The van der Waals surface area contributed by atoms with E-state index >= 15 is 0 Å². The van der Waals surface area contributed by atoms with E-state index < -0.39 is 0 Å². The van der Waals surface area contributed by atoms with Gasteiger partial charge in [0.15, 0.2) is 0 Å². The summed E-state index contributed by atoms with van der Waals surface area (Å²) < 4.78 is 9.53. The Morgan fingerprint density at radius 1 is 1.39 bits per heavy atom. The van der Waals surface area contributed by atoms with Crippen LogP contribution in [-0.4, -0.2) is 52.9 Å². The number of carbonyl (C=O) groups is 1. The molecule has 2 aromatic rings. The summed E-state index contributed by atoms with van der Waals surface area (Å²) in [6.45, 7) is 6.39. The largest absolute Gasteiger partial charge is 0.467 e. The van der Waals surface area contributed by atoms with Crippen LogP contribution in [0.1, 0.15) is 18.5 Å². The van der Waals surface area contributed by atoms with Gasteiger partial charge >= 0.3 is 0 Å². The topological polar surface area (TPSA) is 74.5 Å². The molecule has 1 aliphatic rings. The molecular formula is C15H21N5O2S. The Kier molecular flexibility index (Phi) is 5.24. The summed E-state index contributed by atoms with van der Waals surface area (Å²) in [5, 5.41) is 3.87. The Morgan fingerprint density at radius 3 is 2.87 bits per heavy atom. The Labute approximate surface area is 139 Å². The molecule has 1 saturated heterocycles. The minimum absolute atomic E-state index is 0.0269. The molecule has 0 spiro atoms. The zero-order chi connectivity index (χ0) is 16.1. The molecule has 2 aromatic heterocycles. The van der Waals surface area contributed by atoms with Crippen molar-refractivity contribution < 1.29 is 9.21 Å². The van der Waals surface area contributed by atoms with Crippen molar-refractivity contribution in [3.63, 3.8) is 0 Å². The number of hydrogen-bond acceptors (Lipinski definition) is 7. The van der Waals surface area contributed by atoms with E-state index in [0.717, 1.165) is 49.3 Å². The van der Waals surface area contributed by atoms with Gasteiger partial charge in [-0.2, -0.15) is 4.37 Å². The van der Waals surface area contributed by atoms with E-state index in [9.17, 15) is 4.79 Å². The van der Waals surface area contributed by atoms with E-state index in [2.05, 4.69) is 31.4 Å². The molecular weight excluding hydrogens is 314 g/mol.